The average Bonchev–Trinajstić information content (AvgIpc) is 2.46. The first-order chi connectivity index (χ1) is 9.65. The third-order valence-corrected chi connectivity index (χ3v) is 3.04. The van der Waals surface area contributed by atoms with Crippen LogP contribution in [0.15, 0.2) is 60.3 Å². The van der Waals surface area contributed by atoms with E-state index in [1.807, 2.05) is 60.7 Å². The number of aliphatic hydroxyl groups is 1. The summed E-state index contributed by atoms with van der Waals surface area (Å²) in [6.45, 7) is 2.34. The number of nitrogens with one attached hydrogen (secondary N) is 1. The lowest BCUT2D eigenvalue weighted by molar-refractivity contribution is 0.199. The molecular weight excluding hydrogens is 248 g/mol. The van der Waals surface area contributed by atoms with Crippen LogP contribution >= 0.6 is 0 Å². The van der Waals surface area contributed by atoms with E-state index in [-0.39, 0.29) is 0 Å². The van der Waals surface area contributed by atoms with Gasteiger partial charge in [-0.05, 0) is 36.3 Å². The van der Waals surface area contributed by atoms with Crippen LogP contribution in [-0.2, 0) is 0 Å². The van der Waals surface area contributed by atoms with E-state index in [0.29, 0.717) is 6.54 Å². The van der Waals surface area contributed by atoms with Crippen molar-refractivity contribution in [3.8, 4) is 0 Å². The average molecular weight is 268 g/mol. The number of hydrogen-bond donors (Lipinski definition) is 3. The molecule has 2 aromatic carbocycles. The molecule has 20 heavy (non-hydrogen) atoms. The van der Waals surface area contributed by atoms with Gasteiger partial charge < -0.3 is 16.2 Å². The van der Waals surface area contributed by atoms with Gasteiger partial charge in [0.25, 0.3) is 0 Å². The molecule has 2 aromatic rings. The molecule has 0 saturated carbocycles. The summed E-state index contributed by atoms with van der Waals surface area (Å²) < 4.78 is 0. The summed E-state index contributed by atoms with van der Waals surface area (Å²) in [5.41, 5.74) is 9.75. The lowest BCUT2D eigenvalue weighted by atomic mass is 10.1. The van der Waals surface area contributed by atoms with Gasteiger partial charge in [-0.25, -0.2) is 0 Å². The Bertz CT molecular complexity index is 559. The first kappa shape index (κ1) is 14.2. The van der Waals surface area contributed by atoms with E-state index in [1.54, 1.807) is 6.92 Å². The second kappa shape index (κ2) is 6.78. The van der Waals surface area contributed by atoms with Crippen molar-refractivity contribution in [3.63, 3.8) is 0 Å². The Kier molecular flexibility index (Phi) is 4.80. The molecule has 0 bridgehead atoms. The Morgan fingerprint density at radius 2 is 1.80 bits per heavy atom. The van der Waals surface area contributed by atoms with Gasteiger partial charge in [-0.1, -0.05) is 42.5 Å². The quantitative estimate of drug-likeness (QED) is 0.780. The molecule has 0 heterocycles. The van der Waals surface area contributed by atoms with Gasteiger partial charge in [-0.15, -0.1) is 0 Å². The zero-order valence-corrected chi connectivity index (χ0v) is 11.6. The number of benzene rings is 2. The molecule has 0 fully saturated rings. The molecule has 1 atom stereocenters. The molecule has 0 radical (unpaired) electrons. The zero-order chi connectivity index (χ0) is 14.4. The first-order valence-corrected chi connectivity index (χ1v) is 6.68. The van der Waals surface area contributed by atoms with E-state index >= 15 is 0 Å². The highest BCUT2D eigenvalue weighted by Crippen LogP contribution is 2.15. The summed E-state index contributed by atoms with van der Waals surface area (Å²) in [6.07, 6.45) is 1.52. The van der Waals surface area contributed by atoms with Gasteiger partial charge in [0.15, 0.2) is 0 Å². The molecule has 0 aliphatic heterocycles. The van der Waals surface area contributed by atoms with Crippen LogP contribution in [0.1, 0.15) is 24.2 Å². The smallest absolute Gasteiger partial charge is 0.0761 e. The Hall–Kier alpha value is -2.26. The summed E-state index contributed by atoms with van der Waals surface area (Å²) in [6, 6.07) is 17.7. The van der Waals surface area contributed by atoms with Crippen LogP contribution in [0.3, 0.4) is 0 Å². The Morgan fingerprint density at radius 3 is 2.40 bits per heavy atom. The lowest BCUT2D eigenvalue weighted by Crippen LogP contribution is -2.11. The summed E-state index contributed by atoms with van der Waals surface area (Å²) in [7, 11) is 0. The summed E-state index contributed by atoms with van der Waals surface area (Å²) >= 11 is 0. The van der Waals surface area contributed by atoms with E-state index in [2.05, 4.69) is 5.32 Å². The van der Waals surface area contributed by atoms with Crippen molar-refractivity contribution in [1.29, 1.82) is 0 Å². The van der Waals surface area contributed by atoms with Crippen molar-refractivity contribution in [2.45, 2.75) is 13.0 Å². The van der Waals surface area contributed by atoms with Crippen molar-refractivity contribution in [2.24, 2.45) is 5.73 Å². The number of hydrogen-bond acceptors (Lipinski definition) is 3. The molecule has 4 N–H and O–H groups in total. The predicted octanol–water partition coefficient (Wildman–Crippen LogP) is 3.15. The molecule has 3 nitrogen and oxygen atoms in total. The van der Waals surface area contributed by atoms with Crippen LogP contribution in [0.5, 0.6) is 0 Å². The van der Waals surface area contributed by atoms with Crippen molar-refractivity contribution >= 4 is 11.8 Å². The van der Waals surface area contributed by atoms with Gasteiger partial charge in [0.1, 0.15) is 0 Å². The summed E-state index contributed by atoms with van der Waals surface area (Å²) in [5, 5.41) is 12.7. The molecule has 0 amide bonds. The van der Waals surface area contributed by atoms with Crippen molar-refractivity contribution in [1.82, 2.24) is 0 Å². The predicted molar refractivity (Wildman–Crippen MR) is 84.2 cm³/mol. The van der Waals surface area contributed by atoms with Crippen molar-refractivity contribution < 1.29 is 5.11 Å². The zero-order valence-electron chi connectivity index (χ0n) is 11.6. The number of anilines is 1. The van der Waals surface area contributed by atoms with Crippen LogP contribution in [0, 0.1) is 0 Å². The highest BCUT2D eigenvalue weighted by Gasteiger charge is 2.00. The van der Waals surface area contributed by atoms with E-state index < -0.39 is 6.10 Å². The molecule has 0 spiro atoms. The summed E-state index contributed by atoms with van der Waals surface area (Å²) in [4.78, 5) is 0. The topological polar surface area (TPSA) is 58.3 Å². The second-order valence-corrected chi connectivity index (χ2v) is 4.78. The maximum Gasteiger partial charge on any atom is 0.0761 e. The van der Waals surface area contributed by atoms with Gasteiger partial charge in [-0.2, -0.15) is 0 Å². The normalized spacial score (nSPS) is 13.0. The van der Waals surface area contributed by atoms with E-state index in [1.165, 1.54) is 0 Å². The lowest BCUT2D eigenvalue weighted by Gasteiger charge is -2.09. The minimum atomic E-state index is -0.438. The highest BCUT2D eigenvalue weighted by atomic mass is 16.3. The van der Waals surface area contributed by atoms with Gasteiger partial charge in [0.2, 0.25) is 0 Å². The largest absolute Gasteiger partial charge is 0.401 e. The Balaban J connectivity index is 1.93. The molecule has 0 saturated heterocycles. The van der Waals surface area contributed by atoms with Crippen molar-refractivity contribution in [3.05, 3.63) is 71.4 Å². The monoisotopic (exact) mass is 268 g/mol. The van der Waals surface area contributed by atoms with Gasteiger partial charge in [0.05, 0.1) is 12.6 Å². The Labute approximate surface area is 119 Å². The third kappa shape index (κ3) is 4.14. The highest BCUT2D eigenvalue weighted by molar-refractivity contribution is 5.54. The fourth-order valence-corrected chi connectivity index (χ4v) is 1.90. The number of nitrogens with two attached hydrogens (primary N) is 1. The molecule has 2 rings (SSSR count). The van der Waals surface area contributed by atoms with Crippen LogP contribution < -0.4 is 11.1 Å². The summed E-state index contributed by atoms with van der Waals surface area (Å²) in [5.74, 6) is 0. The van der Waals surface area contributed by atoms with Gasteiger partial charge in [0, 0.05) is 11.4 Å². The Morgan fingerprint density at radius 1 is 1.15 bits per heavy atom. The molecular formula is C17H20N2O. The SMILES string of the molecule is CC(O)c1ccc(NC/C(N)=C/c2ccccc2)cc1. The third-order valence-electron chi connectivity index (χ3n) is 3.04. The number of rotatable bonds is 5. The molecule has 3 heteroatoms. The molecule has 1 unspecified atom stereocenters. The van der Waals surface area contributed by atoms with E-state index in [4.69, 9.17) is 5.73 Å². The van der Waals surface area contributed by atoms with Crippen LogP contribution in [0.2, 0.25) is 0 Å². The fourth-order valence-electron chi connectivity index (χ4n) is 1.90. The van der Waals surface area contributed by atoms with E-state index in [0.717, 1.165) is 22.5 Å². The maximum absolute atomic E-state index is 9.45. The minimum Gasteiger partial charge on any atom is -0.401 e. The maximum atomic E-state index is 9.45. The van der Waals surface area contributed by atoms with Gasteiger partial charge in [-0.3, -0.25) is 0 Å². The molecule has 104 valence electrons. The molecule has 0 aliphatic rings. The van der Waals surface area contributed by atoms with Crippen molar-refractivity contribution in [2.75, 3.05) is 11.9 Å². The van der Waals surface area contributed by atoms with Crippen LogP contribution in [-0.4, -0.2) is 11.7 Å². The van der Waals surface area contributed by atoms with Gasteiger partial charge >= 0.3 is 0 Å². The standard InChI is InChI=1S/C17H20N2O/c1-13(20)15-7-9-17(10-8-15)19-12-16(18)11-14-5-3-2-4-6-14/h2-11,13,19-20H,12,18H2,1H3/b16-11-. The number of aliphatic hydroxyl groups excluding tert-OH is 1. The first-order valence-electron chi connectivity index (χ1n) is 6.68. The van der Waals surface area contributed by atoms with Crippen LogP contribution in [0.4, 0.5) is 5.69 Å². The molecule has 0 aliphatic carbocycles. The molecule has 0 aromatic heterocycles. The second-order valence-electron chi connectivity index (χ2n) is 4.78. The fraction of sp³-hybridized carbons (Fsp3) is 0.176. The van der Waals surface area contributed by atoms with Crippen LogP contribution in [0.25, 0.3) is 6.08 Å². The minimum absolute atomic E-state index is 0.438. The van der Waals surface area contributed by atoms with E-state index in [9.17, 15) is 5.11 Å².